The molecule has 0 radical (unpaired) electrons. The molecule has 0 aromatic rings. The van der Waals surface area contributed by atoms with Crippen LogP contribution < -0.4 is 0 Å². The summed E-state index contributed by atoms with van der Waals surface area (Å²) in [5, 5.41) is 0. The van der Waals surface area contributed by atoms with Crippen LogP contribution in [0.2, 0.25) is 0 Å². The summed E-state index contributed by atoms with van der Waals surface area (Å²) in [7, 11) is 10.8. The standard InChI is InChI=1S/C7H15N.C6H13NO.C6H13N.C5H11NO.C5H11N.3CH4/c1-8-6-4-2-3-5-7-8;1-7-3-2-5-8-6-4-7;1-7-5-3-2-4-6-7;1-6-3-2-4-7-5-6;1-6-4-2-3-5-6;;;/h2-7H2,1H3;2-6H2,1H3;2-6H2,1H3;2-5H2,1H3;2-5H2,1H3;3*1H4. The Bertz CT molecular complexity index is 404. The Balaban J connectivity index is -0.000000409. The molecule has 0 saturated carbocycles. The van der Waals surface area contributed by atoms with Gasteiger partial charge in [0.1, 0.15) is 0 Å². The monoisotopic (exact) mass is 562 g/mol. The minimum absolute atomic E-state index is 0. The van der Waals surface area contributed by atoms with Gasteiger partial charge in [-0.05, 0) is 126 Å². The maximum Gasteiger partial charge on any atom is 0.0987 e. The van der Waals surface area contributed by atoms with Crippen LogP contribution in [0.25, 0.3) is 0 Å². The van der Waals surface area contributed by atoms with Crippen LogP contribution in [0.3, 0.4) is 0 Å². The molecule has 0 aliphatic carbocycles. The van der Waals surface area contributed by atoms with Crippen LogP contribution in [-0.4, -0.2) is 145 Å². The first-order valence-electron chi connectivity index (χ1n) is 15.1. The van der Waals surface area contributed by atoms with Crippen molar-refractivity contribution in [1.82, 2.24) is 24.5 Å². The number of nitrogens with zero attached hydrogens (tertiary/aromatic N) is 5. The Hall–Kier alpha value is -0.280. The molecule has 5 fully saturated rings. The summed E-state index contributed by atoms with van der Waals surface area (Å²) in [5.41, 5.74) is 0. The molecule has 0 bridgehead atoms. The van der Waals surface area contributed by atoms with E-state index in [2.05, 4.69) is 59.7 Å². The van der Waals surface area contributed by atoms with Gasteiger partial charge in [0.05, 0.1) is 13.3 Å². The molecule has 39 heavy (non-hydrogen) atoms. The quantitative estimate of drug-likeness (QED) is 0.367. The predicted molar refractivity (Wildman–Crippen MR) is 175 cm³/mol. The molecule has 5 heterocycles. The number of hydrogen-bond acceptors (Lipinski definition) is 7. The lowest BCUT2D eigenvalue weighted by atomic mass is 10.1. The largest absolute Gasteiger partial charge is 0.380 e. The average molecular weight is 562 g/mol. The number of piperidine rings is 1. The summed E-state index contributed by atoms with van der Waals surface area (Å²) < 4.78 is 10.3. The lowest BCUT2D eigenvalue weighted by Crippen LogP contribution is -2.28. The van der Waals surface area contributed by atoms with Gasteiger partial charge in [0, 0.05) is 32.8 Å². The molecular formula is C32H75N5O2. The molecule has 0 aromatic heterocycles. The molecule has 5 aliphatic rings. The Morgan fingerprint density at radius 3 is 0.974 bits per heavy atom. The average Bonchev–Trinajstić information content (AvgIpc) is 3.07. The van der Waals surface area contributed by atoms with Gasteiger partial charge in [0.25, 0.3) is 0 Å². The highest BCUT2D eigenvalue weighted by Gasteiger charge is 2.05. The van der Waals surface area contributed by atoms with Crippen molar-refractivity contribution in [2.75, 3.05) is 121 Å². The van der Waals surface area contributed by atoms with Crippen molar-refractivity contribution in [3.05, 3.63) is 0 Å². The Labute approximate surface area is 247 Å². The van der Waals surface area contributed by atoms with Gasteiger partial charge >= 0.3 is 0 Å². The highest BCUT2D eigenvalue weighted by atomic mass is 16.5. The Kier molecular flexibility index (Phi) is 34.0. The molecule has 5 saturated heterocycles. The van der Waals surface area contributed by atoms with Crippen LogP contribution in [0.5, 0.6) is 0 Å². The van der Waals surface area contributed by atoms with E-state index in [1.165, 1.54) is 123 Å². The first kappa shape index (κ1) is 43.2. The van der Waals surface area contributed by atoms with Gasteiger partial charge < -0.3 is 29.1 Å². The maximum absolute atomic E-state index is 5.22. The lowest BCUT2D eigenvalue weighted by Gasteiger charge is -2.21. The second kappa shape index (κ2) is 30.7. The highest BCUT2D eigenvalue weighted by Crippen LogP contribution is 2.07. The van der Waals surface area contributed by atoms with Gasteiger partial charge in [0.15, 0.2) is 0 Å². The minimum Gasteiger partial charge on any atom is -0.380 e. The fraction of sp³-hybridized carbons (Fsp3) is 1.00. The van der Waals surface area contributed by atoms with Crippen LogP contribution in [0.4, 0.5) is 0 Å². The van der Waals surface area contributed by atoms with Crippen LogP contribution in [0.15, 0.2) is 0 Å². The Morgan fingerprint density at radius 1 is 0.308 bits per heavy atom. The predicted octanol–water partition coefficient (Wildman–Crippen LogP) is 5.85. The fourth-order valence-electron chi connectivity index (χ4n) is 4.75. The lowest BCUT2D eigenvalue weighted by molar-refractivity contribution is 0.00118. The number of ether oxygens (including phenoxy) is 2. The SMILES string of the molecule is C.C.C.CN1CCCC1.CN1CCCCC1.CN1CCCCCC1.CN1CCCOC1.CN1CCCOCC1. The van der Waals surface area contributed by atoms with Crippen LogP contribution in [0, 0.1) is 0 Å². The van der Waals surface area contributed by atoms with Crippen LogP contribution in [0.1, 0.15) is 92.9 Å². The summed E-state index contributed by atoms with van der Waals surface area (Å²) in [4.78, 5) is 11.6. The summed E-state index contributed by atoms with van der Waals surface area (Å²) in [6, 6.07) is 0. The number of hydrogen-bond donors (Lipinski definition) is 0. The van der Waals surface area contributed by atoms with Gasteiger partial charge in [-0.2, -0.15) is 0 Å². The van der Waals surface area contributed by atoms with Gasteiger partial charge in [-0.3, -0.25) is 4.90 Å². The molecule has 5 rings (SSSR count). The van der Waals surface area contributed by atoms with Crippen molar-refractivity contribution in [1.29, 1.82) is 0 Å². The van der Waals surface area contributed by atoms with E-state index in [4.69, 9.17) is 9.47 Å². The third-order valence-electron chi connectivity index (χ3n) is 7.33. The van der Waals surface area contributed by atoms with Crippen molar-refractivity contribution >= 4 is 0 Å². The zero-order valence-electron chi connectivity index (χ0n) is 25.0. The number of likely N-dealkylation sites (tertiary alicyclic amines) is 3. The van der Waals surface area contributed by atoms with Gasteiger partial charge in [-0.15, -0.1) is 0 Å². The molecular weight excluding hydrogens is 486 g/mol. The molecule has 0 atom stereocenters. The fourth-order valence-corrected chi connectivity index (χ4v) is 4.75. The van der Waals surface area contributed by atoms with Crippen molar-refractivity contribution in [2.45, 2.75) is 92.9 Å². The summed E-state index contributed by atoms with van der Waals surface area (Å²) >= 11 is 0. The molecule has 0 N–H and O–H groups in total. The van der Waals surface area contributed by atoms with Crippen LogP contribution in [-0.2, 0) is 9.47 Å². The van der Waals surface area contributed by atoms with E-state index in [9.17, 15) is 0 Å². The molecule has 5 aliphatic heterocycles. The number of likely N-dealkylation sites (N-methyl/N-ethyl adjacent to an activating group) is 1. The summed E-state index contributed by atoms with van der Waals surface area (Å²) in [5.74, 6) is 0. The summed E-state index contributed by atoms with van der Waals surface area (Å²) in [6.45, 7) is 15.0. The highest BCUT2D eigenvalue weighted by molar-refractivity contribution is 4.60. The van der Waals surface area contributed by atoms with E-state index in [0.29, 0.717) is 0 Å². The van der Waals surface area contributed by atoms with E-state index in [1.807, 2.05) is 0 Å². The zero-order valence-corrected chi connectivity index (χ0v) is 25.0. The molecule has 0 spiro atoms. The normalized spacial score (nSPS) is 23.3. The first-order valence-corrected chi connectivity index (χ1v) is 15.1. The molecule has 7 nitrogen and oxygen atoms in total. The van der Waals surface area contributed by atoms with Crippen LogP contribution >= 0.6 is 0 Å². The van der Waals surface area contributed by atoms with E-state index in [0.717, 1.165) is 33.1 Å². The first-order chi connectivity index (χ1) is 17.5. The molecule has 240 valence electrons. The molecule has 0 unspecified atom stereocenters. The van der Waals surface area contributed by atoms with Gasteiger partial charge in [-0.1, -0.05) is 41.5 Å². The second-order valence-corrected chi connectivity index (χ2v) is 11.3. The topological polar surface area (TPSA) is 34.7 Å². The third kappa shape index (κ3) is 29.0. The van der Waals surface area contributed by atoms with Crippen molar-refractivity contribution in [3.63, 3.8) is 0 Å². The zero-order chi connectivity index (χ0) is 26.3. The molecule has 7 heteroatoms. The maximum atomic E-state index is 5.22. The Morgan fingerprint density at radius 2 is 0.615 bits per heavy atom. The third-order valence-corrected chi connectivity index (χ3v) is 7.33. The molecule has 0 aromatic carbocycles. The van der Waals surface area contributed by atoms with Crippen molar-refractivity contribution < 1.29 is 9.47 Å². The minimum atomic E-state index is 0. The summed E-state index contributed by atoms with van der Waals surface area (Å²) in [6.07, 6.45) is 15.2. The van der Waals surface area contributed by atoms with E-state index in [1.54, 1.807) is 0 Å². The smallest absolute Gasteiger partial charge is 0.0987 e. The van der Waals surface area contributed by atoms with E-state index < -0.39 is 0 Å². The number of rotatable bonds is 0. The van der Waals surface area contributed by atoms with Crippen molar-refractivity contribution in [3.8, 4) is 0 Å². The van der Waals surface area contributed by atoms with Crippen molar-refractivity contribution in [2.24, 2.45) is 0 Å². The van der Waals surface area contributed by atoms with Gasteiger partial charge in [0.2, 0.25) is 0 Å². The van der Waals surface area contributed by atoms with E-state index >= 15 is 0 Å². The molecule has 0 amide bonds. The second-order valence-electron chi connectivity index (χ2n) is 11.3. The van der Waals surface area contributed by atoms with Gasteiger partial charge in [-0.25, -0.2) is 0 Å². The van der Waals surface area contributed by atoms with E-state index in [-0.39, 0.29) is 22.3 Å².